The number of hydrogen-bond acceptors (Lipinski definition) is 5. The van der Waals surface area contributed by atoms with Gasteiger partial charge in [0.25, 0.3) is 5.91 Å². The van der Waals surface area contributed by atoms with Gasteiger partial charge in [-0.2, -0.15) is 0 Å². The molecule has 2 saturated heterocycles. The fourth-order valence-electron chi connectivity index (χ4n) is 4.21. The van der Waals surface area contributed by atoms with Gasteiger partial charge in [-0.15, -0.1) is 11.3 Å². The maximum Gasteiger partial charge on any atom is 0.264 e. The number of thiophene rings is 1. The second-order valence-corrected chi connectivity index (χ2v) is 10.00. The average Bonchev–Trinajstić information content (AvgIpc) is 3.07. The normalized spacial score (nSPS) is 30.0. The van der Waals surface area contributed by atoms with Gasteiger partial charge in [0.15, 0.2) is 9.84 Å². The molecule has 1 amide bonds. The highest BCUT2D eigenvalue weighted by atomic mass is 32.2. The molecule has 23 heavy (non-hydrogen) atoms. The van der Waals surface area contributed by atoms with Crippen molar-refractivity contribution in [1.29, 1.82) is 0 Å². The number of aryl methyl sites for hydroxylation is 1. The van der Waals surface area contributed by atoms with Gasteiger partial charge in [-0.3, -0.25) is 9.69 Å². The van der Waals surface area contributed by atoms with Crippen LogP contribution in [-0.4, -0.2) is 67.9 Å². The monoisotopic (exact) mass is 354 g/mol. The molecule has 7 heteroatoms. The summed E-state index contributed by atoms with van der Waals surface area (Å²) in [6, 6.07) is -0.235. The van der Waals surface area contributed by atoms with Crippen LogP contribution in [0.3, 0.4) is 0 Å². The Kier molecular flexibility index (Phi) is 3.77. The van der Waals surface area contributed by atoms with Crippen LogP contribution in [0.4, 0.5) is 0 Å². The van der Waals surface area contributed by atoms with Crippen molar-refractivity contribution in [2.45, 2.75) is 37.8 Å². The predicted octanol–water partition coefficient (Wildman–Crippen LogP) is 1.18. The van der Waals surface area contributed by atoms with Crippen molar-refractivity contribution in [1.82, 2.24) is 9.80 Å². The summed E-state index contributed by atoms with van der Waals surface area (Å²) in [6.07, 6.45) is 4.41. The molecule has 4 rings (SSSR count). The Morgan fingerprint density at radius 3 is 2.74 bits per heavy atom. The van der Waals surface area contributed by atoms with E-state index < -0.39 is 9.84 Å². The van der Waals surface area contributed by atoms with E-state index in [0.29, 0.717) is 6.54 Å². The van der Waals surface area contributed by atoms with Gasteiger partial charge in [0.2, 0.25) is 0 Å². The number of hydrogen-bond donors (Lipinski definition) is 0. The van der Waals surface area contributed by atoms with Crippen molar-refractivity contribution >= 4 is 27.1 Å². The third kappa shape index (κ3) is 2.62. The molecule has 2 aliphatic heterocycles. The van der Waals surface area contributed by atoms with Gasteiger partial charge in [-0.05, 0) is 49.2 Å². The van der Waals surface area contributed by atoms with E-state index in [1.54, 1.807) is 11.3 Å². The van der Waals surface area contributed by atoms with Crippen LogP contribution in [-0.2, 0) is 22.7 Å². The molecule has 3 aliphatic rings. The minimum atomic E-state index is -3.05. The molecule has 0 spiro atoms. The molecule has 126 valence electrons. The summed E-state index contributed by atoms with van der Waals surface area (Å²) < 4.78 is 24.1. The van der Waals surface area contributed by atoms with E-state index in [9.17, 15) is 13.2 Å². The first kappa shape index (κ1) is 15.6. The predicted molar refractivity (Wildman–Crippen MR) is 90.9 cm³/mol. The smallest absolute Gasteiger partial charge is 0.264 e. The number of carbonyl (C=O) groups is 1. The van der Waals surface area contributed by atoms with Crippen molar-refractivity contribution in [2.75, 3.05) is 31.6 Å². The van der Waals surface area contributed by atoms with Crippen molar-refractivity contribution in [3.63, 3.8) is 0 Å². The van der Waals surface area contributed by atoms with Gasteiger partial charge in [0.05, 0.1) is 22.4 Å². The lowest BCUT2D eigenvalue weighted by atomic mass is 9.93. The molecule has 0 aromatic carbocycles. The lowest BCUT2D eigenvalue weighted by Crippen LogP contribution is -2.59. The molecule has 3 heterocycles. The zero-order valence-electron chi connectivity index (χ0n) is 13.3. The minimum absolute atomic E-state index is 0.0477. The quantitative estimate of drug-likeness (QED) is 0.760. The van der Waals surface area contributed by atoms with Gasteiger partial charge in [-0.25, -0.2) is 8.42 Å². The number of likely N-dealkylation sites (N-methyl/N-ethyl adjacent to an activating group) is 1. The molecule has 0 bridgehead atoms. The third-order valence-electron chi connectivity index (χ3n) is 5.51. The Morgan fingerprint density at radius 1 is 1.17 bits per heavy atom. The van der Waals surface area contributed by atoms with Gasteiger partial charge in [-0.1, -0.05) is 0 Å². The van der Waals surface area contributed by atoms with E-state index in [1.807, 2.05) is 11.9 Å². The molecule has 0 radical (unpaired) electrons. The first-order chi connectivity index (χ1) is 11.0. The van der Waals surface area contributed by atoms with Crippen LogP contribution in [0.1, 0.15) is 33.6 Å². The standard InChI is InChI=1S/C16H22N2O3S2/c1-17-6-7-18(14-10-23(20,21)9-13(14)17)16(19)15-12-5-3-2-4-11(12)8-22-15/h8,13-14H,2-7,9-10H2,1H3/t13-,14+/m1/s1. The summed E-state index contributed by atoms with van der Waals surface area (Å²) in [6.45, 7) is 1.37. The van der Waals surface area contributed by atoms with Crippen molar-refractivity contribution in [3.05, 3.63) is 21.4 Å². The lowest BCUT2D eigenvalue weighted by Gasteiger charge is -2.42. The molecule has 5 nitrogen and oxygen atoms in total. The molecule has 0 N–H and O–H groups in total. The molecule has 1 aromatic rings. The van der Waals surface area contributed by atoms with Crippen LogP contribution in [0.15, 0.2) is 5.38 Å². The largest absolute Gasteiger partial charge is 0.331 e. The highest BCUT2D eigenvalue weighted by Gasteiger charge is 2.47. The highest BCUT2D eigenvalue weighted by molar-refractivity contribution is 7.91. The summed E-state index contributed by atoms with van der Waals surface area (Å²) >= 11 is 1.55. The third-order valence-corrected chi connectivity index (χ3v) is 8.27. The summed E-state index contributed by atoms with van der Waals surface area (Å²) in [5.41, 5.74) is 2.55. The van der Waals surface area contributed by atoms with Crippen LogP contribution in [0.2, 0.25) is 0 Å². The number of amides is 1. The first-order valence-electron chi connectivity index (χ1n) is 8.27. The number of piperazine rings is 1. The van der Waals surface area contributed by atoms with Crippen LogP contribution < -0.4 is 0 Å². The molecule has 1 aromatic heterocycles. The Bertz CT molecular complexity index is 741. The summed E-state index contributed by atoms with van der Waals surface area (Å²) in [4.78, 5) is 17.9. The zero-order chi connectivity index (χ0) is 16.2. The highest BCUT2D eigenvalue weighted by Crippen LogP contribution is 2.33. The van der Waals surface area contributed by atoms with Crippen molar-refractivity contribution in [2.24, 2.45) is 0 Å². The number of carbonyl (C=O) groups excluding carboxylic acids is 1. The molecule has 0 unspecified atom stereocenters. The topological polar surface area (TPSA) is 57.7 Å². The maximum absolute atomic E-state index is 13.1. The van der Waals surface area contributed by atoms with E-state index in [4.69, 9.17) is 0 Å². The van der Waals surface area contributed by atoms with Gasteiger partial charge >= 0.3 is 0 Å². The zero-order valence-corrected chi connectivity index (χ0v) is 15.0. The summed E-state index contributed by atoms with van der Waals surface area (Å²) in [5.74, 6) is 0.347. The minimum Gasteiger partial charge on any atom is -0.331 e. The van der Waals surface area contributed by atoms with Crippen LogP contribution in [0, 0.1) is 0 Å². The van der Waals surface area contributed by atoms with E-state index in [1.165, 1.54) is 17.5 Å². The van der Waals surface area contributed by atoms with E-state index in [2.05, 4.69) is 10.3 Å². The fourth-order valence-corrected chi connectivity index (χ4v) is 7.38. The van der Waals surface area contributed by atoms with Crippen LogP contribution in [0.25, 0.3) is 0 Å². The van der Waals surface area contributed by atoms with Crippen molar-refractivity contribution < 1.29 is 13.2 Å². The molecule has 2 fully saturated rings. The molecular weight excluding hydrogens is 332 g/mol. The van der Waals surface area contributed by atoms with Gasteiger partial charge in [0.1, 0.15) is 0 Å². The lowest BCUT2D eigenvalue weighted by molar-refractivity contribution is 0.0413. The van der Waals surface area contributed by atoms with E-state index >= 15 is 0 Å². The van der Waals surface area contributed by atoms with Crippen molar-refractivity contribution in [3.8, 4) is 0 Å². The first-order valence-corrected chi connectivity index (χ1v) is 11.0. The van der Waals surface area contributed by atoms with Crippen LogP contribution in [0.5, 0.6) is 0 Å². The number of nitrogens with zero attached hydrogens (tertiary/aromatic N) is 2. The van der Waals surface area contributed by atoms with E-state index in [0.717, 1.165) is 30.7 Å². The van der Waals surface area contributed by atoms with Gasteiger partial charge in [0, 0.05) is 19.1 Å². The molecule has 2 atom stereocenters. The Labute approximate surface area is 141 Å². The maximum atomic E-state index is 13.1. The van der Waals surface area contributed by atoms with E-state index in [-0.39, 0.29) is 29.5 Å². The fraction of sp³-hybridized carbons (Fsp3) is 0.688. The molecule has 1 aliphatic carbocycles. The number of sulfone groups is 1. The SMILES string of the molecule is CN1CCN(C(=O)c2scc3c2CCCC3)[C@H]2CS(=O)(=O)C[C@H]21. The Morgan fingerprint density at radius 2 is 1.91 bits per heavy atom. The summed E-state index contributed by atoms with van der Waals surface area (Å²) in [7, 11) is -1.08. The molecular formula is C16H22N2O3S2. The average molecular weight is 354 g/mol. The number of rotatable bonds is 1. The summed E-state index contributed by atoms with van der Waals surface area (Å²) in [5, 5.41) is 2.13. The number of fused-ring (bicyclic) bond motifs is 2. The second kappa shape index (κ2) is 5.57. The Balaban J connectivity index is 1.65. The Hall–Kier alpha value is -0.920. The second-order valence-electron chi connectivity index (χ2n) is 6.97. The van der Waals surface area contributed by atoms with Gasteiger partial charge < -0.3 is 4.90 Å². The molecule has 0 saturated carbocycles. The van der Waals surface area contributed by atoms with Crippen LogP contribution >= 0.6 is 11.3 Å².